The summed E-state index contributed by atoms with van der Waals surface area (Å²) in [5.41, 5.74) is 1.10. The van der Waals surface area contributed by atoms with Gasteiger partial charge in [0.05, 0.1) is 25.0 Å². The summed E-state index contributed by atoms with van der Waals surface area (Å²) >= 11 is 0. The Hall–Kier alpha value is -2.02. The lowest BCUT2D eigenvalue weighted by Crippen LogP contribution is -2.50. The van der Waals surface area contributed by atoms with Crippen LogP contribution < -0.4 is 5.56 Å². The number of nitrogens with zero attached hydrogens (tertiary/aromatic N) is 6. The van der Waals surface area contributed by atoms with Crippen LogP contribution >= 0.6 is 0 Å². The van der Waals surface area contributed by atoms with Crippen molar-refractivity contribution >= 4 is 0 Å². The predicted molar refractivity (Wildman–Crippen MR) is 80.4 cm³/mol. The van der Waals surface area contributed by atoms with Crippen LogP contribution in [-0.4, -0.2) is 49.3 Å². The summed E-state index contributed by atoms with van der Waals surface area (Å²) in [6.07, 6.45) is 6.00. The fourth-order valence-electron chi connectivity index (χ4n) is 3.01. The highest BCUT2D eigenvalue weighted by Crippen LogP contribution is 2.38. The molecule has 1 saturated heterocycles. The molecule has 1 aliphatic heterocycles. The Balaban J connectivity index is 1.28. The molecule has 0 bridgehead atoms. The molecule has 0 atom stereocenters. The highest BCUT2D eigenvalue weighted by molar-refractivity contribution is 5.12. The molecule has 1 saturated carbocycles. The SMILES string of the molecule is O=c1ccc(C2CC2)nn1CC1CN(CCn2ccnn2)C1. The predicted octanol–water partition coefficient (Wildman–Crippen LogP) is 0.344. The third-order valence-corrected chi connectivity index (χ3v) is 4.46. The minimum Gasteiger partial charge on any atom is -0.301 e. The number of hydrogen-bond donors (Lipinski definition) is 0. The van der Waals surface area contributed by atoms with E-state index >= 15 is 0 Å². The Kier molecular flexibility index (Phi) is 3.49. The molecule has 0 radical (unpaired) electrons. The lowest BCUT2D eigenvalue weighted by molar-refractivity contribution is 0.0791. The van der Waals surface area contributed by atoms with Gasteiger partial charge in [0.15, 0.2) is 0 Å². The van der Waals surface area contributed by atoms with E-state index in [1.165, 1.54) is 12.8 Å². The first-order valence-electron chi connectivity index (χ1n) is 7.92. The van der Waals surface area contributed by atoms with Crippen LogP contribution in [0.4, 0.5) is 0 Å². The summed E-state index contributed by atoms with van der Waals surface area (Å²) in [4.78, 5) is 14.3. The average molecular weight is 300 g/mol. The molecule has 2 aromatic heterocycles. The summed E-state index contributed by atoms with van der Waals surface area (Å²) in [7, 11) is 0. The molecular formula is C15H20N6O. The van der Waals surface area contributed by atoms with Crippen LogP contribution in [-0.2, 0) is 13.1 Å². The third-order valence-electron chi connectivity index (χ3n) is 4.46. The fraction of sp³-hybridized carbons (Fsp3) is 0.600. The molecule has 3 heterocycles. The van der Waals surface area contributed by atoms with Gasteiger partial charge in [-0.2, -0.15) is 5.10 Å². The summed E-state index contributed by atoms with van der Waals surface area (Å²) in [5.74, 6) is 1.11. The van der Waals surface area contributed by atoms with Gasteiger partial charge in [-0.05, 0) is 18.9 Å². The first kappa shape index (κ1) is 13.6. The number of aromatic nitrogens is 5. The van der Waals surface area contributed by atoms with Crippen molar-refractivity contribution in [3.8, 4) is 0 Å². The van der Waals surface area contributed by atoms with E-state index in [1.54, 1.807) is 16.9 Å². The zero-order valence-corrected chi connectivity index (χ0v) is 12.5. The monoisotopic (exact) mass is 300 g/mol. The lowest BCUT2D eigenvalue weighted by atomic mass is 10.0. The Bertz CT molecular complexity index is 684. The zero-order valence-electron chi connectivity index (χ0n) is 12.5. The van der Waals surface area contributed by atoms with Gasteiger partial charge >= 0.3 is 0 Å². The van der Waals surface area contributed by atoms with Crippen LogP contribution in [0.15, 0.2) is 29.3 Å². The molecule has 2 fully saturated rings. The molecule has 4 rings (SSSR count). The fourth-order valence-corrected chi connectivity index (χ4v) is 3.01. The largest absolute Gasteiger partial charge is 0.301 e. The minimum absolute atomic E-state index is 0.0189. The molecular weight excluding hydrogens is 280 g/mol. The van der Waals surface area contributed by atoms with Gasteiger partial charge in [-0.25, -0.2) is 4.68 Å². The van der Waals surface area contributed by atoms with Crippen LogP contribution in [0, 0.1) is 5.92 Å². The van der Waals surface area contributed by atoms with Gasteiger partial charge in [0, 0.05) is 43.7 Å². The second-order valence-corrected chi connectivity index (χ2v) is 6.34. The maximum atomic E-state index is 11.9. The van der Waals surface area contributed by atoms with Crippen molar-refractivity contribution in [1.29, 1.82) is 0 Å². The maximum absolute atomic E-state index is 11.9. The van der Waals surface area contributed by atoms with Crippen LogP contribution in [0.25, 0.3) is 0 Å². The van der Waals surface area contributed by atoms with E-state index in [2.05, 4.69) is 20.3 Å². The first-order valence-corrected chi connectivity index (χ1v) is 7.92. The Morgan fingerprint density at radius 2 is 2.05 bits per heavy atom. The van der Waals surface area contributed by atoms with Gasteiger partial charge in [0.1, 0.15) is 0 Å². The van der Waals surface area contributed by atoms with E-state index in [-0.39, 0.29) is 5.56 Å². The van der Waals surface area contributed by atoms with Crippen LogP contribution in [0.2, 0.25) is 0 Å². The van der Waals surface area contributed by atoms with E-state index in [1.807, 2.05) is 16.9 Å². The Morgan fingerprint density at radius 3 is 2.77 bits per heavy atom. The topological polar surface area (TPSA) is 68.8 Å². The molecule has 22 heavy (non-hydrogen) atoms. The smallest absolute Gasteiger partial charge is 0.266 e. The second kappa shape index (κ2) is 5.64. The maximum Gasteiger partial charge on any atom is 0.266 e. The van der Waals surface area contributed by atoms with Crippen LogP contribution in [0.1, 0.15) is 24.5 Å². The van der Waals surface area contributed by atoms with Crippen molar-refractivity contribution in [2.75, 3.05) is 19.6 Å². The van der Waals surface area contributed by atoms with Crippen molar-refractivity contribution < 1.29 is 0 Å². The molecule has 0 amide bonds. The molecule has 0 spiro atoms. The van der Waals surface area contributed by atoms with Crippen LogP contribution in [0.3, 0.4) is 0 Å². The van der Waals surface area contributed by atoms with E-state index < -0.39 is 0 Å². The van der Waals surface area contributed by atoms with Crippen LogP contribution in [0.5, 0.6) is 0 Å². The number of hydrogen-bond acceptors (Lipinski definition) is 5. The van der Waals surface area contributed by atoms with Crippen molar-refractivity contribution in [3.05, 3.63) is 40.6 Å². The molecule has 1 aliphatic carbocycles. The van der Waals surface area contributed by atoms with Gasteiger partial charge < -0.3 is 4.90 Å². The highest BCUT2D eigenvalue weighted by atomic mass is 16.1. The number of likely N-dealkylation sites (tertiary alicyclic amines) is 1. The molecule has 2 aromatic rings. The standard InChI is InChI=1S/C15H20N6O/c22-15-4-3-14(13-1-2-13)17-21(15)11-12-9-19(10-12)7-8-20-6-5-16-18-20/h3-6,12-13H,1-2,7-11H2. The summed E-state index contributed by atoms with van der Waals surface area (Å²) < 4.78 is 3.51. The first-order chi connectivity index (χ1) is 10.8. The third kappa shape index (κ3) is 2.94. The highest BCUT2D eigenvalue weighted by Gasteiger charge is 2.29. The van der Waals surface area contributed by atoms with Gasteiger partial charge in [0.2, 0.25) is 0 Å². The van der Waals surface area contributed by atoms with Gasteiger partial charge in [-0.3, -0.25) is 9.48 Å². The van der Waals surface area contributed by atoms with E-state index in [4.69, 9.17) is 0 Å². The van der Waals surface area contributed by atoms with Gasteiger partial charge in [-0.15, -0.1) is 5.10 Å². The van der Waals surface area contributed by atoms with Crippen molar-refractivity contribution in [2.24, 2.45) is 5.92 Å². The van der Waals surface area contributed by atoms with E-state index in [0.29, 0.717) is 11.8 Å². The molecule has 0 aromatic carbocycles. The van der Waals surface area contributed by atoms with Crippen molar-refractivity contribution in [3.63, 3.8) is 0 Å². The Labute approximate surface area is 128 Å². The summed E-state index contributed by atoms with van der Waals surface area (Å²) in [6.45, 7) is 4.62. The number of rotatable bonds is 6. The molecule has 0 unspecified atom stereocenters. The molecule has 2 aliphatic rings. The van der Waals surface area contributed by atoms with Gasteiger partial charge in [0.25, 0.3) is 5.56 Å². The minimum atomic E-state index is 0.0189. The lowest BCUT2D eigenvalue weighted by Gasteiger charge is -2.39. The van der Waals surface area contributed by atoms with Crippen molar-refractivity contribution in [2.45, 2.75) is 31.8 Å². The van der Waals surface area contributed by atoms with E-state index in [9.17, 15) is 4.79 Å². The second-order valence-electron chi connectivity index (χ2n) is 6.34. The quantitative estimate of drug-likeness (QED) is 0.770. The van der Waals surface area contributed by atoms with E-state index in [0.717, 1.165) is 38.4 Å². The Morgan fingerprint density at radius 1 is 1.18 bits per heavy atom. The normalized spacial score (nSPS) is 19.3. The summed E-state index contributed by atoms with van der Waals surface area (Å²) in [6, 6.07) is 3.56. The molecule has 116 valence electrons. The van der Waals surface area contributed by atoms with Crippen molar-refractivity contribution in [1.82, 2.24) is 29.7 Å². The molecule has 7 heteroatoms. The zero-order chi connectivity index (χ0) is 14.9. The average Bonchev–Trinajstić information content (AvgIpc) is 3.20. The molecule has 0 N–H and O–H groups in total. The summed E-state index contributed by atoms with van der Waals surface area (Å²) in [5, 5.41) is 12.3. The molecule has 7 nitrogen and oxygen atoms in total. The van der Waals surface area contributed by atoms with Gasteiger partial charge in [-0.1, -0.05) is 5.21 Å².